The van der Waals surface area contributed by atoms with Gasteiger partial charge in [0, 0.05) is 17.7 Å². The summed E-state index contributed by atoms with van der Waals surface area (Å²) in [6.07, 6.45) is 2.21. The highest BCUT2D eigenvalue weighted by molar-refractivity contribution is 7.09. The minimum atomic E-state index is -0.152. The normalized spacial score (nSPS) is 17.2. The molecule has 2 heterocycles. The van der Waals surface area contributed by atoms with Crippen LogP contribution in [0.5, 0.6) is 5.75 Å². The first-order valence-electron chi connectivity index (χ1n) is 7.75. The van der Waals surface area contributed by atoms with Crippen LogP contribution >= 0.6 is 11.3 Å². The summed E-state index contributed by atoms with van der Waals surface area (Å²) in [5.41, 5.74) is 1.51. The van der Waals surface area contributed by atoms with Crippen molar-refractivity contribution in [2.45, 2.75) is 32.4 Å². The maximum absolute atomic E-state index is 12.4. The van der Waals surface area contributed by atoms with Crippen molar-refractivity contribution in [1.82, 2.24) is 10.3 Å². The summed E-state index contributed by atoms with van der Waals surface area (Å²) in [5.74, 6) is 0.441. The molecule has 1 aliphatic rings. The van der Waals surface area contributed by atoms with E-state index in [2.05, 4.69) is 10.3 Å². The lowest BCUT2D eigenvalue weighted by atomic mass is 10.2. The van der Waals surface area contributed by atoms with Gasteiger partial charge in [-0.15, -0.1) is 11.3 Å². The number of nitrogens with zero attached hydrogens (tertiary/aromatic N) is 1. The molecular formula is C17H20N2O3S. The van der Waals surface area contributed by atoms with Crippen LogP contribution in [-0.2, 0) is 11.3 Å². The molecule has 2 aromatic rings. The first-order chi connectivity index (χ1) is 11.2. The zero-order valence-electron chi connectivity index (χ0n) is 13.1. The first kappa shape index (κ1) is 16.0. The molecule has 122 valence electrons. The predicted octanol–water partition coefficient (Wildman–Crippen LogP) is 2.94. The van der Waals surface area contributed by atoms with Crippen LogP contribution in [0.4, 0.5) is 0 Å². The SMILES string of the molecule is Cc1csc(CNC(=O)c2ccccc2OC[C@H]2CCCO2)n1. The monoisotopic (exact) mass is 332 g/mol. The molecule has 0 spiro atoms. The number of rotatable bonds is 6. The van der Waals surface area contributed by atoms with Crippen LogP contribution in [0.25, 0.3) is 0 Å². The number of hydrogen-bond donors (Lipinski definition) is 1. The second kappa shape index (κ2) is 7.57. The second-order valence-electron chi connectivity index (χ2n) is 5.51. The van der Waals surface area contributed by atoms with Gasteiger partial charge in [0.15, 0.2) is 0 Å². The molecule has 1 N–H and O–H groups in total. The van der Waals surface area contributed by atoms with Crippen molar-refractivity contribution in [3.05, 3.63) is 45.9 Å². The third-order valence-electron chi connectivity index (χ3n) is 3.65. The third kappa shape index (κ3) is 4.30. The van der Waals surface area contributed by atoms with E-state index >= 15 is 0 Å². The van der Waals surface area contributed by atoms with E-state index in [4.69, 9.17) is 9.47 Å². The number of ether oxygens (including phenoxy) is 2. The van der Waals surface area contributed by atoms with Crippen molar-refractivity contribution in [2.75, 3.05) is 13.2 Å². The molecule has 5 nitrogen and oxygen atoms in total. The Morgan fingerprint density at radius 3 is 3.09 bits per heavy atom. The van der Waals surface area contributed by atoms with E-state index in [0.29, 0.717) is 24.5 Å². The minimum absolute atomic E-state index is 0.129. The summed E-state index contributed by atoms with van der Waals surface area (Å²) in [7, 11) is 0. The molecule has 1 aromatic carbocycles. The molecule has 1 saturated heterocycles. The number of para-hydroxylation sites is 1. The lowest BCUT2D eigenvalue weighted by molar-refractivity contribution is 0.0670. The van der Waals surface area contributed by atoms with Gasteiger partial charge in [-0.25, -0.2) is 4.98 Å². The molecule has 0 saturated carbocycles. The molecule has 1 amide bonds. The van der Waals surface area contributed by atoms with Crippen LogP contribution in [-0.4, -0.2) is 30.2 Å². The molecule has 0 radical (unpaired) electrons. The van der Waals surface area contributed by atoms with E-state index in [-0.39, 0.29) is 12.0 Å². The van der Waals surface area contributed by atoms with E-state index in [0.717, 1.165) is 30.2 Å². The highest BCUT2D eigenvalue weighted by atomic mass is 32.1. The predicted molar refractivity (Wildman–Crippen MR) is 88.9 cm³/mol. The fourth-order valence-corrected chi connectivity index (χ4v) is 3.19. The summed E-state index contributed by atoms with van der Waals surface area (Å²) in [6.45, 7) is 3.65. The van der Waals surface area contributed by atoms with E-state index in [1.165, 1.54) is 0 Å². The zero-order chi connectivity index (χ0) is 16.1. The van der Waals surface area contributed by atoms with E-state index in [1.54, 1.807) is 17.4 Å². The Morgan fingerprint density at radius 2 is 2.35 bits per heavy atom. The highest BCUT2D eigenvalue weighted by Crippen LogP contribution is 2.20. The van der Waals surface area contributed by atoms with Gasteiger partial charge in [0.05, 0.1) is 18.2 Å². The lowest BCUT2D eigenvalue weighted by Gasteiger charge is -2.14. The van der Waals surface area contributed by atoms with Gasteiger partial charge in [0.1, 0.15) is 17.4 Å². The van der Waals surface area contributed by atoms with Crippen LogP contribution in [0.2, 0.25) is 0 Å². The smallest absolute Gasteiger partial charge is 0.255 e. The maximum Gasteiger partial charge on any atom is 0.255 e. The zero-order valence-corrected chi connectivity index (χ0v) is 13.9. The van der Waals surface area contributed by atoms with Crippen molar-refractivity contribution in [3.8, 4) is 5.75 Å². The quantitative estimate of drug-likeness (QED) is 0.883. The number of thiazole rings is 1. The first-order valence-corrected chi connectivity index (χ1v) is 8.63. The third-order valence-corrected chi connectivity index (χ3v) is 4.61. The molecule has 0 unspecified atom stereocenters. The minimum Gasteiger partial charge on any atom is -0.490 e. The fraction of sp³-hybridized carbons (Fsp3) is 0.412. The standard InChI is InChI=1S/C17H20N2O3S/c1-12-11-23-16(19-12)9-18-17(20)14-6-2-3-7-15(14)22-10-13-5-4-8-21-13/h2-3,6-7,11,13H,4-5,8-10H2,1H3,(H,18,20)/t13-/m1/s1. The summed E-state index contributed by atoms with van der Waals surface area (Å²) < 4.78 is 11.3. The Hall–Kier alpha value is -1.92. The molecule has 1 fully saturated rings. The van der Waals surface area contributed by atoms with E-state index < -0.39 is 0 Å². The van der Waals surface area contributed by atoms with Gasteiger partial charge in [-0.2, -0.15) is 0 Å². The molecule has 0 bridgehead atoms. The Bertz CT molecular complexity index is 665. The van der Waals surface area contributed by atoms with Gasteiger partial charge in [-0.1, -0.05) is 12.1 Å². The number of carbonyl (C=O) groups is 1. The number of aromatic nitrogens is 1. The lowest BCUT2D eigenvalue weighted by Crippen LogP contribution is -2.24. The fourth-order valence-electron chi connectivity index (χ4n) is 2.47. The van der Waals surface area contributed by atoms with E-state index in [9.17, 15) is 4.79 Å². The number of amides is 1. The van der Waals surface area contributed by atoms with Crippen LogP contribution in [0.15, 0.2) is 29.6 Å². The van der Waals surface area contributed by atoms with Crippen molar-refractivity contribution in [1.29, 1.82) is 0 Å². The number of nitrogens with one attached hydrogen (secondary N) is 1. The molecule has 1 atom stereocenters. The van der Waals surface area contributed by atoms with Gasteiger partial charge >= 0.3 is 0 Å². The number of hydrogen-bond acceptors (Lipinski definition) is 5. The average molecular weight is 332 g/mol. The topological polar surface area (TPSA) is 60.5 Å². The molecule has 1 aliphatic heterocycles. The van der Waals surface area contributed by atoms with Gasteiger partial charge in [-0.3, -0.25) is 4.79 Å². The van der Waals surface area contributed by atoms with Crippen LogP contribution in [0.1, 0.15) is 33.9 Å². The van der Waals surface area contributed by atoms with Crippen LogP contribution in [0.3, 0.4) is 0 Å². The maximum atomic E-state index is 12.4. The Balaban J connectivity index is 1.60. The molecule has 3 rings (SSSR count). The summed E-state index contributed by atoms with van der Waals surface area (Å²) in [5, 5.41) is 5.76. The summed E-state index contributed by atoms with van der Waals surface area (Å²) >= 11 is 1.54. The van der Waals surface area contributed by atoms with Gasteiger partial charge < -0.3 is 14.8 Å². The molecule has 6 heteroatoms. The number of aryl methyl sites for hydroxylation is 1. The average Bonchev–Trinajstić information content (AvgIpc) is 3.22. The Morgan fingerprint density at radius 1 is 1.48 bits per heavy atom. The second-order valence-corrected chi connectivity index (χ2v) is 6.45. The Kier molecular flexibility index (Phi) is 5.25. The van der Waals surface area contributed by atoms with Gasteiger partial charge in [0.2, 0.25) is 0 Å². The summed E-state index contributed by atoms with van der Waals surface area (Å²) in [4.78, 5) is 16.7. The number of carbonyl (C=O) groups excluding carboxylic acids is 1. The Labute approximate surface area is 139 Å². The van der Waals surface area contributed by atoms with Gasteiger partial charge in [-0.05, 0) is 31.9 Å². The van der Waals surface area contributed by atoms with Gasteiger partial charge in [0.25, 0.3) is 5.91 Å². The van der Waals surface area contributed by atoms with E-state index in [1.807, 2.05) is 30.5 Å². The molecule has 0 aliphatic carbocycles. The number of benzene rings is 1. The molecule has 23 heavy (non-hydrogen) atoms. The molecular weight excluding hydrogens is 312 g/mol. The van der Waals surface area contributed by atoms with Crippen LogP contribution in [0, 0.1) is 6.92 Å². The summed E-state index contributed by atoms with van der Waals surface area (Å²) in [6, 6.07) is 7.29. The van der Waals surface area contributed by atoms with Crippen molar-refractivity contribution < 1.29 is 14.3 Å². The van der Waals surface area contributed by atoms with Crippen LogP contribution < -0.4 is 10.1 Å². The van der Waals surface area contributed by atoms with Crippen molar-refractivity contribution in [2.24, 2.45) is 0 Å². The largest absolute Gasteiger partial charge is 0.490 e. The highest BCUT2D eigenvalue weighted by Gasteiger charge is 2.18. The van der Waals surface area contributed by atoms with Crippen molar-refractivity contribution >= 4 is 17.2 Å². The molecule has 1 aromatic heterocycles. The van der Waals surface area contributed by atoms with Crippen molar-refractivity contribution in [3.63, 3.8) is 0 Å².